The molecule has 0 fully saturated rings. The average Bonchev–Trinajstić information content (AvgIpc) is 2.55. The van der Waals surface area contributed by atoms with Crippen molar-refractivity contribution in [2.75, 3.05) is 7.11 Å². The van der Waals surface area contributed by atoms with Crippen molar-refractivity contribution in [3.05, 3.63) is 59.7 Å². The molecular formula is C16H16N2O2S. The van der Waals surface area contributed by atoms with E-state index < -0.39 is 0 Å². The van der Waals surface area contributed by atoms with Gasteiger partial charge in [-0.25, -0.2) is 4.79 Å². The minimum atomic E-state index is -0.329. The Bertz CT molecular complexity index is 639. The van der Waals surface area contributed by atoms with Crippen LogP contribution in [-0.2, 0) is 10.5 Å². The highest BCUT2D eigenvalue weighted by Gasteiger charge is 2.07. The van der Waals surface area contributed by atoms with Crippen molar-refractivity contribution < 1.29 is 9.53 Å². The summed E-state index contributed by atoms with van der Waals surface area (Å²) in [5.74, 6) is 5.56. The second-order valence-electron chi connectivity index (χ2n) is 4.29. The second kappa shape index (κ2) is 7.50. The van der Waals surface area contributed by atoms with E-state index in [1.165, 1.54) is 24.4 Å². The Morgan fingerprint density at radius 1 is 1.24 bits per heavy atom. The zero-order valence-corrected chi connectivity index (χ0v) is 12.5. The third-order valence-corrected chi connectivity index (χ3v) is 3.76. The van der Waals surface area contributed by atoms with Crippen LogP contribution < -0.4 is 5.84 Å². The first-order valence-corrected chi connectivity index (χ1v) is 7.41. The molecule has 5 heteroatoms. The molecular weight excluding hydrogens is 284 g/mol. The van der Waals surface area contributed by atoms with Gasteiger partial charge in [-0.2, -0.15) is 5.10 Å². The number of hydrogen-bond donors (Lipinski definition) is 1. The van der Waals surface area contributed by atoms with E-state index in [4.69, 9.17) is 10.6 Å². The molecule has 108 valence electrons. The molecule has 0 unspecified atom stereocenters. The third-order valence-electron chi connectivity index (χ3n) is 3.01. The van der Waals surface area contributed by atoms with Gasteiger partial charge in [0.1, 0.15) is 0 Å². The molecule has 2 aromatic rings. The van der Waals surface area contributed by atoms with Gasteiger partial charge in [-0.1, -0.05) is 36.4 Å². The zero-order valence-electron chi connectivity index (χ0n) is 11.7. The number of nitrogens with zero attached hydrogens (tertiary/aromatic N) is 1. The van der Waals surface area contributed by atoms with Crippen LogP contribution in [0.5, 0.6) is 0 Å². The van der Waals surface area contributed by atoms with E-state index in [1.807, 2.05) is 24.3 Å². The molecule has 0 saturated carbocycles. The van der Waals surface area contributed by atoms with Gasteiger partial charge in [-0.05, 0) is 28.8 Å². The summed E-state index contributed by atoms with van der Waals surface area (Å²) in [7, 11) is 1.38. The molecule has 0 aliphatic rings. The Hall–Kier alpha value is -2.27. The van der Waals surface area contributed by atoms with Crippen LogP contribution in [0.4, 0.5) is 0 Å². The number of benzene rings is 2. The fourth-order valence-corrected chi connectivity index (χ4v) is 2.59. The lowest BCUT2D eigenvalue weighted by Crippen LogP contribution is -2.00. The average molecular weight is 300 g/mol. The van der Waals surface area contributed by atoms with Gasteiger partial charge in [0, 0.05) is 5.75 Å². The molecule has 0 aliphatic heterocycles. The van der Waals surface area contributed by atoms with Crippen LogP contribution in [0.3, 0.4) is 0 Å². The van der Waals surface area contributed by atoms with Crippen LogP contribution >= 0.6 is 11.8 Å². The number of methoxy groups -OCH3 is 1. The lowest BCUT2D eigenvalue weighted by Gasteiger charge is -2.09. The number of esters is 1. The fraction of sp³-hybridized carbons (Fsp3) is 0.125. The molecule has 0 aliphatic carbocycles. The number of ether oxygens (including phenoxy) is 1. The van der Waals surface area contributed by atoms with Crippen molar-refractivity contribution in [2.45, 2.75) is 5.75 Å². The Labute approximate surface area is 128 Å². The maximum Gasteiger partial charge on any atom is 0.337 e. The van der Waals surface area contributed by atoms with Crippen LogP contribution in [0.2, 0.25) is 0 Å². The van der Waals surface area contributed by atoms with E-state index in [2.05, 4.69) is 17.2 Å². The van der Waals surface area contributed by atoms with Gasteiger partial charge in [-0.3, -0.25) is 0 Å². The third kappa shape index (κ3) is 3.86. The number of carbonyl (C=O) groups excluding carboxylic acids is 1. The van der Waals surface area contributed by atoms with Crippen molar-refractivity contribution >= 4 is 23.3 Å². The van der Waals surface area contributed by atoms with Crippen molar-refractivity contribution in [1.82, 2.24) is 0 Å². The highest BCUT2D eigenvalue weighted by molar-refractivity contribution is 8.11. The number of nitrogens with two attached hydrogens (primary N) is 1. The summed E-state index contributed by atoms with van der Waals surface area (Å²) in [5.41, 5.74) is 5.55. The summed E-state index contributed by atoms with van der Waals surface area (Å²) in [6.45, 7) is 0. The fourth-order valence-electron chi connectivity index (χ4n) is 2.00. The summed E-state index contributed by atoms with van der Waals surface area (Å²) < 4.78 is 4.70. The van der Waals surface area contributed by atoms with E-state index in [0.717, 1.165) is 16.9 Å². The van der Waals surface area contributed by atoms with E-state index in [0.29, 0.717) is 5.56 Å². The van der Waals surface area contributed by atoms with E-state index in [9.17, 15) is 4.79 Å². The largest absolute Gasteiger partial charge is 0.465 e. The molecule has 0 amide bonds. The minimum Gasteiger partial charge on any atom is -0.465 e. The van der Waals surface area contributed by atoms with Gasteiger partial charge in [0.2, 0.25) is 0 Å². The summed E-state index contributed by atoms with van der Waals surface area (Å²) in [6.07, 6.45) is 0. The van der Waals surface area contributed by atoms with Crippen molar-refractivity contribution in [2.24, 2.45) is 10.9 Å². The molecule has 0 heterocycles. The van der Waals surface area contributed by atoms with Gasteiger partial charge >= 0.3 is 5.97 Å². The molecule has 0 bridgehead atoms. The number of hydrogen-bond acceptors (Lipinski definition) is 5. The summed E-state index contributed by atoms with van der Waals surface area (Å²) >= 11 is 1.54. The standard InChI is InChI=1S/C16H16N2O2S/c1-20-16(19)13-8-6-12(7-9-13)15-5-3-2-4-14(15)10-21-11-18-17/h2-9,11H,10,17H2,1H3. The van der Waals surface area contributed by atoms with Crippen molar-refractivity contribution in [3.8, 4) is 11.1 Å². The lowest BCUT2D eigenvalue weighted by atomic mass is 9.99. The van der Waals surface area contributed by atoms with Gasteiger partial charge < -0.3 is 10.6 Å². The first-order valence-electron chi connectivity index (χ1n) is 6.36. The molecule has 0 aromatic heterocycles. The Kier molecular flexibility index (Phi) is 5.40. The molecule has 0 atom stereocenters. The molecule has 0 saturated heterocycles. The summed E-state index contributed by atoms with van der Waals surface area (Å²) in [4.78, 5) is 11.5. The Morgan fingerprint density at radius 2 is 1.95 bits per heavy atom. The number of carbonyl (C=O) groups is 1. The molecule has 0 radical (unpaired) electrons. The van der Waals surface area contributed by atoms with Crippen LogP contribution in [0.1, 0.15) is 15.9 Å². The monoisotopic (exact) mass is 300 g/mol. The zero-order chi connectivity index (χ0) is 15.1. The molecule has 4 nitrogen and oxygen atoms in total. The van der Waals surface area contributed by atoms with Gasteiger partial charge in [0.15, 0.2) is 0 Å². The SMILES string of the molecule is COC(=O)c1ccc(-c2ccccc2CSC=NN)cc1. The van der Waals surface area contributed by atoms with Crippen LogP contribution in [0.25, 0.3) is 11.1 Å². The Balaban J connectivity index is 2.27. The van der Waals surface area contributed by atoms with Crippen molar-refractivity contribution in [3.63, 3.8) is 0 Å². The quantitative estimate of drug-likeness (QED) is 0.302. The first kappa shape index (κ1) is 15.1. The highest BCUT2D eigenvalue weighted by Crippen LogP contribution is 2.26. The van der Waals surface area contributed by atoms with Crippen LogP contribution in [0, 0.1) is 0 Å². The smallest absolute Gasteiger partial charge is 0.337 e. The maximum absolute atomic E-state index is 11.5. The normalized spacial score (nSPS) is 10.7. The van der Waals surface area contributed by atoms with Crippen LogP contribution in [0.15, 0.2) is 53.6 Å². The molecule has 0 spiro atoms. The summed E-state index contributed by atoms with van der Waals surface area (Å²) in [5, 5.41) is 3.48. The van der Waals surface area contributed by atoms with E-state index >= 15 is 0 Å². The van der Waals surface area contributed by atoms with E-state index in [-0.39, 0.29) is 5.97 Å². The number of thioether (sulfide) groups is 1. The highest BCUT2D eigenvalue weighted by atomic mass is 32.2. The molecule has 2 aromatic carbocycles. The predicted molar refractivity (Wildman–Crippen MR) is 87.2 cm³/mol. The molecule has 2 rings (SSSR count). The maximum atomic E-state index is 11.5. The molecule has 2 N–H and O–H groups in total. The first-order chi connectivity index (χ1) is 10.3. The Morgan fingerprint density at radius 3 is 2.62 bits per heavy atom. The number of rotatable bonds is 5. The molecule has 21 heavy (non-hydrogen) atoms. The van der Waals surface area contributed by atoms with Gasteiger partial charge in [0.05, 0.1) is 18.2 Å². The second-order valence-corrected chi connectivity index (χ2v) is 5.12. The topological polar surface area (TPSA) is 64.7 Å². The number of hydrazone groups is 1. The lowest BCUT2D eigenvalue weighted by molar-refractivity contribution is 0.0601. The predicted octanol–water partition coefficient (Wildman–Crippen LogP) is 3.28. The van der Waals surface area contributed by atoms with Gasteiger partial charge in [0.25, 0.3) is 0 Å². The minimum absolute atomic E-state index is 0.329. The van der Waals surface area contributed by atoms with Gasteiger partial charge in [-0.15, -0.1) is 11.8 Å². The summed E-state index contributed by atoms with van der Waals surface area (Å²) in [6, 6.07) is 15.5. The van der Waals surface area contributed by atoms with E-state index in [1.54, 1.807) is 17.7 Å². The van der Waals surface area contributed by atoms with Crippen LogP contribution in [-0.4, -0.2) is 18.6 Å². The van der Waals surface area contributed by atoms with Crippen molar-refractivity contribution in [1.29, 1.82) is 0 Å².